The summed E-state index contributed by atoms with van der Waals surface area (Å²) in [6.45, 7) is 1.99. The van der Waals surface area contributed by atoms with Gasteiger partial charge in [-0.2, -0.15) is 0 Å². The number of fused-ring (bicyclic) bond motifs is 2. The van der Waals surface area contributed by atoms with Gasteiger partial charge in [-0.25, -0.2) is 4.39 Å². The number of pyridine rings is 1. The Morgan fingerprint density at radius 3 is 2.61 bits per heavy atom. The molecule has 28 heavy (non-hydrogen) atoms. The van der Waals surface area contributed by atoms with Gasteiger partial charge in [-0.3, -0.25) is 14.0 Å². The zero-order valence-corrected chi connectivity index (χ0v) is 15.8. The van der Waals surface area contributed by atoms with Crippen molar-refractivity contribution in [2.24, 2.45) is 0 Å². The first-order chi connectivity index (χ1) is 13.5. The van der Waals surface area contributed by atoms with E-state index >= 15 is 0 Å². The Labute approximate surface area is 163 Å². The summed E-state index contributed by atoms with van der Waals surface area (Å²) in [7, 11) is 0. The fourth-order valence-corrected chi connectivity index (χ4v) is 4.34. The molecule has 4 nitrogen and oxygen atoms in total. The van der Waals surface area contributed by atoms with Crippen LogP contribution in [0.5, 0.6) is 0 Å². The van der Waals surface area contributed by atoms with Crippen LogP contribution in [-0.2, 0) is 0 Å². The minimum atomic E-state index is -0.558. The Hall–Kier alpha value is -3.17. The molecule has 4 aromatic rings. The SMILES string of the molecule is Cc1ccc(C#Cc2cc3c(cc2F)c(=O)c2c(=O)[nH]sc2n3C2CC2)cc1. The Morgan fingerprint density at radius 1 is 1.14 bits per heavy atom. The lowest BCUT2D eigenvalue weighted by Crippen LogP contribution is -2.15. The topological polar surface area (TPSA) is 54.9 Å². The number of nitrogens with zero attached hydrogens (tertiary/aromatic N) is 1. The molecule has 138 valence electrons. The van der Waals surface area contributed by atoms with E-state index in [1.165, 1.54) is 6.07 Å². The Bertz CT molecular complexity index is 1430. The minimum Gasteiger partial charge on any atom is -0.328 e. The van der Waals surface area contributed by atoms with Crippen molar-refractivity contribution >= 4 is 32.7 Å². The number of benzene rings is 2. The minimum absolute atomic E-state index is 0.113. The molecule has 1 saturated carbocycles. The van der Waals surface area contributed by atoms with Gasteiger partial charge in [0.2, 0.25) is 5.43 Å². The molecule has 6 heteroatoms. The monoisotopic (exact) mass is 390 g/mol. The van der Waals surface area contributed by atoms with Gasteiger partial charge in [0.05, 0.1) is 11.1 Å². The molecule has 1 N–H and O–H groups in total. The summed E-state index contributed by atoms with van der Waals surface area (Å²) >= 11 is 1.16. The van der Waals surface area contributed by atoms with Crippen LogP contribution in [-0.4, -0.2) is 8.94 Å². The molecule has 0 spiro atoms. The van der Waals surface area contributed by atoms with Crippen molar-refractivity contribution in [3.05, 3.63) is 79.5 Å². The van der Waals surface area contributed by atoms with Crippen molar-refractivity contribution in [3.8, 4) is 11.8 Å². The summed E-state index contributed by atoms with van der Waals surface area (Å²) in [4.78, 5) is 25.5. The van der Waals surface area contributed by atoms with E-state index in [-0.39, 0.29) is 22.4 Å². The predicted octanol–water partition coefficient (Wildman–Crippen LogP) is 4.09. The van der Waals surface area contributed by atoms with E-state index in [0.717, 1.165) is 35.5 Å². The van der Waals surface area contributed by atoms with Crippen molar-refractivity contribution in [2.75, 3.05) is 0 Å². The van der Waals surface area contributed by atoms with Crippen LogP contribution in [0.25, 0.3) is 21.1 Å². The van der Waals surface area contributed by atoms with Crippen molar-refractivity contribution in [2.45, 2.75) is 25.8 Å². The predicted molar refractivity (Wildman–Crippen MR) is 110 cm³/mol. The van der Waals surface area contributed by atoms with E-state index in [0.29, 0.717) is 10.3 Å². The Balaban J connectivity index is 1.77. The number of halogens is 1. The highest BCUT2D eigenvalue weighted by Crippen LogP contribution is 2.40. The summed E-state index contributed by atoms with van der Waals surface area (Å²) < 4.78 is 19.3. The van der Waals surface area contributed by atoms with Gasteiger partial charge >= 0.3 is 0 Å². The molecule has 1 aliphatic rings. The Morgan fingerprint density at radius 2 is 1.89 bits per heavy atom. The number of hydrogen-bond acceptors (Lipinski definition) is 3. The van der Waals surface area contributed by atoms with E-state index in [1.807, 2.05) is 35.8 Å². The van der Waals surface area contributed by atoms with Crippen LogP contribution < -0.4 is 11.0 Å². The average Bonchev–Trinajstić information content (AvgIpc) is 3.44. The second-order valence-corrected chi connectivity index (χ2v) is 7.90. The third kappa shape index (κ3) is 2.67. The van der Waals surface area contributed by atoms with Crippen LogP contribution in [0.2, 0.25) is 0 Å². The second kappa shape index (κ2) is 6.18. The lowest BCUT2D eigenvalue weighted by Gasteiger charge is -2.12. The maximum Gasteiger partial charge on any atom is 0.271 e. The average molecular weight is 390 g/mol. The molecule has 1 aliphatic carbocycles. The van der Waals surface area contributed by atoms with Gasteiger partial charge in [0.25, 0.3) is 5.56 Å². The van der Waals surface area contributed by atoms with E-state index < -0.39 is 16.8 Å². The molecule has 2 aromatic heterocycles. The van der Waals surface area contributed by atoms with Crippen molar-refractivity contribution in [3.63, 3.8) is 0 Å². The first kappa shape index (κ1) is 17.0. The number of aromatic amines is 1. The molecule has 0 unspecified atom stereocenters. The molecule has 0 bridgehead atoms. The normalized spacial score (nSPS) is 13.6. The van der Waals surface area contributed by atoms with Crippen molar-refractivity contribution in [1.82, 2.24) is 8.94 Å². The summed E-state index contributed by atoms with van der Waals surface area (Å²) in [5.41, 5.74) is 1.95. The van der Waals surface area contributed by atoms with Gasteiger partial charge < -0.3 is 4.57 Å². The molecular weight excluding hydrogens is 375 g/mol. The number of nitrogens with one attached hydrogen (secondary N) is 1. The maximum absolute atomic E-state index is 14.7. The highest BCUT2D eigenvalue weighted by atomic mass is 32.1. The zero-order chi connectivity index (χ0) is 19.4. The number of rotatable bonds is 1. The van der Waals surface area contributed by atoms with E-state index in [1.54, 1.807) is 6.07 Å². The summed E-state index contributed by atoms with van der Waals surface area (Å²) in [5.74, 6) is 5.32. The standard InChI is InChI=1S/C22H15FN2O2S/c1-12-2-4-13(5-3-12)6-7-14-10-18-16(11-17(14)23)20(26)19-21(27)24-28-22(19)25(18)15-8-9-15/h2-5,10-11,15H,8-9H2,1H3,(H,24,27). The number of H-pyrrole nitrogens is 1. The summed E-state index contributed by atoms with van der Waals surface area (Å²) in [5, 5.41) is 0.337. The van der Waals surface area contributed by atoms with Crippen molar-refractivity contribution < 1.29 is 4.39 Å². The maximum atomic E-state index is 14.7. The molecule has 0 radical (unpaired) electrons. The second-order valence-electron chi connectivity index (χ2n) is 7.11. The lowest BCUT2D eigenvalue weighted by molar-refractivity contribution is 0.625. The fourth-order valence-electron chi connectivity index (χ4n) is 3.42. The van der Waals surface area contributed by atoms with E-state index in [2.05, 4.69) is 16.2 Å². The highest BCUT2D eigenvalue weighted by molar-refractivity contribution is 7.12. The largest absolute Gasteiger partial charge is 0.328 e. The quantitative estimate of drug-likeness (QED) is 0.498. The van der Waals surface area contributed by atoms with Crippen LogP contribution in [0.3, 0.4) is 0 Å². The van der Waals surface area contributed by atoms with Gasteiger partial charge in [-0.05, 0) is 55.6 Å². The van der Waals surface area contributed by atoms with Crippen LogP contribution in [0, 0.1) is 24.6 Å². The molecule has 0 atom stereocenters. The van der Waals surface area contributed by atoms with Gasteiger partial charge in [-0.15, -0.1) is 0 Å². The van der Waals surface area contributed by atoms with E-state index in [9.17, 15) is 14.0 Å². The third-order valence-corrected chi connectivity index (χ3v) is 5.90. The first-order valence-electron chi connectivity index (χ1n) is 9.00. The number of aromatic nitrogens is 2. The molecular formula is C22H15FN2O2S. The fraction of sp³-hybridized carbons (Fsp3) is 0.182. The highest BCUT2D eigenvalue weighted by Gasteiger charge is 2.29. The van der Waals surface area contributed by atoms with Crippen LogP contribution in [0.15, 0.2) is 46.0 Å². The summed E-state index contributed by atoms with van der Waals surface area (Å²) in [6.07, 6.45) is 1.95. The van der Waals surface area contributed by atoms with Gasteiger partial charge in [0.15, 0.2) is 0 Å². The lowest BCUT2D eigenvalue weighted by atomic mass is 10.1. The van der Waals surface area contributed by atoms with Crippen molar-refractivity contribution in [1.29, 1.82) is 0 Å². The van der Waals surface area contributed by atoms with Gasteiger partial charge in [-0.1, -0.05) is 29.5 Å². The van der Waals surface area contributed by atoms with Gasteiger partial charge in [0.1, 0.15) is 16.0 Å². The molecule has 1 fully saturated rings. The van der Waals surface area contributed by atoms with Gasteiger partial charge in [0, 0.05) is 17.0 Å². The van der Waals surface area contributed by atoms with E-state index in [4.69, 9.17) is 0 Å². The molecule has 2 aromatic carbocycles. The van der Waals surface area contributed by atoms with Crippen LogP contribution >= 0.6 is 11.5 Å². The first-order valence-corrected chi connectivity index (χ1v) is 9.82. The molecule has 0 saturated heterocycles. The Kier molecular flexibility index (Phi) is 3.74. The number of hydrogen-bond donors (Lipinski definition) is 1. The zero-order valence-electron chi connectivity index (χ0n) is 15.0. The molecule has 5 rings (SSSR count). The number of aryl methyl sites for hydroxylation is 1. The molecule has 0 amide bonds. The molecule has 0 aliphatic heterocycles. The van der Waals surface area contributed by atoms with Crippen LogP contribution in [0.1, 0.15) is 35.6 Å². The summed E-state index contributed by atoms with van der Waals surface area (Å²) in [6, 6.07) is 10.8. The smallest absolute Gasteiger partial charge is 0.271 e. The molecule has 2 heterocycles. The third-order valence-electron chi connectivity index (χ3n) is 5.02. The van der Waals surface area contributed by atoms with Crippen LogP contribution in [0.4, 0.5) is 4.39 Å².